The summed E-state index contributed by atoms with van der Waals surface area (Å²) in [6, 6.07) is 0. The number of nitrogens with two attached hydrogens (primary N) is 1. The largest absolute Gasteiger partial charge is 0.389 e. The topological polar surface area (TPSA) is 70.0 Å². The summed E-state index contributed by atoms with van der Waals surface area (Å²) in [7, 11) is 0. The first-order valence-electron chi connectivity index (χ1n) is 4.02. The van der Waals surface area contributed by atoms with Crippen LogP contribution in [0, 0.1) is 11.2 Å². The Hall–Kier alpha value is -0.525. The molecule has 0 amide bonds. The number of aliphatic hydroxyl groups is 1. The van der Waals surface area contributed by atoms with Gasteiger partial charge in [0.2, 0.25) is 0 Å². The first-order valence-corrected chi connectivity index (χ1v) is 4.02. The quantitative estimate of drug-likeness (QED) is 0.520. The van der Waals surface area contributed by atoms with Crippen LogP contribution < -0.4 is 5.73 Å². The number of nitriles is 1. The Labute approximate surface area is 67.3 Å². The molecule has 0 saturated carbocycles. The molecule has 0 radical (unpaired) electrons. The van der Waals surface area contributed by atoms with Gasteiger partial charge in [0.15, 0.2) is 0 Å². The molecule has 0 aromatic carbocycles. The van der Waals surface area contributed by atoms with Gasteiger partial charge in [0.1, 0.15) is 0 Å². The molecule has 60 valence electrons. The van der Waals surface area contributed by atoms with E-state index in [-0.39, 0.29) is 13.3 Å². The van der Waals surface area contributed by atoms with Crippen molar-refractivity contribution in [2.75, 3.05) is 6.54 Å². The molecule has 1 aliphatic heterocycles. The first-order chi connectivity index (χ1) is 5.20. The number of hydrogen-bond acceptors (Lipinski definition) is 3. The fourth-order valence-corrected chi connectivity index (χ4v) is 1.64. The smallest absolute Gasteiger partial charge is 0.270 e. The molecule has 0 aliphatic carbocycles. The molecule has 1 rings (SSSR count). The van der Waals surface area contributed by atoms with Gasteiger partial charge in [-0.3, -0.25) is 0 Å². The van der Waals surface area contributed by atoms with E-state index in [1.54, 1.807) is 0 Å². The summed E-state index contributed by atoms with van der Waals surface area (Å²) >= 11 is 0. The maximum Gasteiger partial charge on any atom is 0.270 e. The van der Waals surface area contributed by atoms with Gasteiger partial charge in [0.25, 0.3) is 6.71 Å². The molecule has 1 aliphatic rings. The zero-order valence-corrected chi connectivity index (χ0v) is 6.58. The predicted molar refractivity (Wildman–Crippen MR) is 44.2 cm³/mol. The van der Waals surface area contributed by atoms with Gasteiger partial charge in [-0.1, -0.05) is 12.7 Å². The van der Waals surface area contributed by atoms with Crippen LogP contribution >= 0.6 is 0 Å². The van der Waals surface area contributed by atoms with Gasteiger partial charge in [-0.2, -0.15) is 0 Å². The van der Waals surface area contributed by atoms with Crippen LogP contribution in [0.1, 0.15) is 12.8 Å². The minimum absolute atomic E-state index is 0.0114. The highest BCUT2D eigenvalue weighted by molar-refractivity contribution is 6.67. The van der Waals surface area contributed by atoms with Crippen LogP contribution in [0.2, 0.25) is 12.6 Å². The van der Waals surface area contributed by atoms with Gasteiger partial charge >= 0.3 is 0 Å². The SMILES string of the molecule is N#CB1CCCC(O)(CN)C1. The van der Waals surface area contributed by atoms with Crippen LogP contribution in [0.4, 0.5) is 0 Å². The van der Waals surface area contributed by atoms with Gasteiger partial charge in [-0.05, 0) is 12.7 Å². The lowest BCUT2D eigenvalue weighted by atomic mass is 9.40. The van der Waals surface area contributed by atoms with Gasteiger partial charge in [0, 0.05) is 12.5 Å². The molecule has 1 heterocycles. The van der Waals surface area contributed by atoms with Gasteiger partial charge < -0.3 is 10.8 Å². The second-order valence-corrected chi connectivity index (χ2v) is 3.35. The van der Waals surface area contributed by atoms with E-state index < -0.39 is 5.60 Å². The Bertz CT molecular complexity index is 180. The summed E-state index contributed by atoms with van der Waals surface area (Å²) in [6.07, 6.45) is 3.15. The average Bonchev–Trinajstić information content (AvgIpc) is 2.05. The van der Waals surface area contributed by atoms with Gasteiger partial charge in [0.05, 0.1) is 5.60 Å². The molecular formula is C7H13BN2O. The summed E-state index contributed by atoms with van der Waals surface area (Å²) in [5.74, 6) is 2.18. The molecule has 11 heavy (non-hydrogen) atoms. The number of rotatable bonds is 1. The standard InChI is InChI=1S/C7H13BN2O/c9-5-7(11)2-1-3-8(4-7)6-10/h11H,1-5,9H2. The van der Waals surface area contributed by atoms with Crippen molar-refractivity contribution < 1.29 is 5.11 Å². The molecule has 1 saturated heterocycles. The molecule has 0 bridgehead atoms. The minimum Gasteiger partial charge on any atom is -0.389 e. The van der Waals surface area contributed by atoms with Crippen molar-refractivity contribution in [3.8, 4) is 5.97 Å². The van der Waals surface area contributed by atoms with Crippen LogP contribution in [0.5, 0.6) is 0 Å². The summed E-state index contributed by atoms with van der Waals surface area (Å²) in [6.45, 7) is 0.294. The third-order valence-corrected chi connectivity index (χ3v) is 2.38. The highest BCUT2D eigenvalue weighted by atomic mass is 16.3. The van der Waals surface area contributed by atoms with Gasteiger partial charge in [-0.25, -0.2) is 5.26 Å². The molecule has 0 aromatic rings. The van der Waals surface area contributed by atoms with E-state index in [1.165, 1.54) is 0 Å². The Morgan fingerprint density at radius 1 is 1.73 bits per heavy atom. The van der Waals surface area contributed by atoms with Gasteiger partial charge in [-0.15, -0.1) is 0 Å². The molecule has 0 spiro atoms. The van der Waals surface area contributed by atoms with E-state index in [4.69, 9.17) is 11.0 Å². The molecule has 4 heteroatoms. The summed E-state index contributed by atoms with van der Waals surface area (Å²) in [5, 5.41) is 18.3. The normalized spacial score (nSPS) is 31.5. The fourth-order valence-electron chi connectivity index (χ4n) is 1.64. The Morgan fingerprint density at radius 3 is 3.00 bits per heavy atom. The summed E-state index contributed by atoms with van der Waals surface area (Å²) < 4.78 is 0. The van der Waals surface area contributed by atoms with Crippen LogP contribution in [0.25, 0.3) is 0 Å². The maximum atomic E-state index is 9.71. The molecule has 3 N–H and O–H groups in total. The molecule has 1 fully saturated rings. The fraction of sp³-hybridized carbons (Fsp3) is 0.857. The third kappa shape index (κ3) is 1.95. The van der Waals surface area contributed by atoms with Crippen LogP contribution in [-0.2, 0) is 0 Å². The van der Waals surface area contributed by atoms with E-state index in [2.05, 4.69) is 5.97 Å². The second kappa shape index (κ2) is 3.25. The maximum absolute atomic E-state index is 9.71. The Morgan fingerprint density at radius 2 is 2.45 bits per heavy atom. The van der Waals surface area contributed by atoms with Crippen molar-refractivity contribution in [1.29, 1.82) is 5.26 Å². The highest BCUT2D eigenvalue weighted by Crippen LogP contribution is 2.27. The lowest BCUT2D eigenvalue weighted by Crippen LogP contribution is -2.44. The zero-order valence-electron chi connectivity index (χ0n) is 6.58. The number of hydrogen-bond donors (Lipinski definition) is 2. The van der Waals surface area contributed by atoms with E-state index in [9.17, 15) is 5.11 Å². The molecule has 3 nitrogen and oxygen atoms in total. The Kier molecular flexibility index (Phi) is 2.53. The van der Waals surface area contributed by atoms with E-state index in [1.807, 2.05) is 0 Å². The van der Waals surface area contributed by atoms with E-state index in [0.29, 0.717) is 6.32 Å². The summed E-state index contributed by atoms with van der Waals surface area (Å²) in [5.41, 5.74) is 4.64. The summed E-state index contributed by atoms with van der Waals surface area (Å²) in [4.78, 5) is 0. The van der Waals surface area contributed by atoms with Crippen LogP contribution in [-0.4, -0.2) is 24.0 Å². The van der Waals surface area contributed by atoms with Crippen molar-refractivity contribution in [2.24, 2.45) is 5.73 Å². The monoisotopic (exact) mass is 152 g/mol. The second-order valence-electron chi connectivity index (χ2n) is 3.35. The lowest BCUT2D eigenvalue weighted by molar-refractivity contribution is 0.0542. The Balaban J connectivity index is 2.53. The first kappa shape index (κ1) is 8.57. The molecule has 1 unspecified atom stereocenters. The predicted octanol–water partition coefficient (Wildman–Crippen LogP) is 0.0276. The van der Waals surface area contributed by atoms with Crippen molar-refractivity contribution in [1.82, 2.24) is 0 Å². The highest BCUT2D eigenvalue weighted by Gasteiger charge is 2.35. The average molecular weight is 152 g/mol. The van der Waals surface area contributed by atoms with Crippen molar-refractivity contribution in [3.05, 3.63) is 0 Å². The third-order valence-electron chi connectivity index (χ3n) is 2.38. The van der Waals surface area contributed by atoms with Crippen molar-refractivity contribution in [3.63, 3.8) is 0 Å². The molecule has 1 atom stereocenters. The van der Waals surface area contributed by atoms with E-state index in [0.717, 1.165) is 19.2 Å². The van der Waals surface area contributed by atoms with Crippen molar-refractivity contribution in [2.45, 2.75) is 31.1 Å². The molecule has 0 aromatic heterocycles. The number of nitrogens with zero attached hydrogens (tertiary/aromatic N) is 1. The molecular weight excluding hydrogens is 139 g/mol. The van der Waals surface area contributed by atoms with E-state index >= 15 is 0 Å². The van der Waals surface area contributed by atoms with Crippen LogP contribution in [0.15, 0.2) is 0 Å². The zero-order chi connectivity index (χ0) is 8.32. The van der Waals surface area contributed by atoms with Crippen molar-refractivity contribution >= 4 is 6.71 Å². The lowest BCUT2D eigenvalue weighted by Gasteiger charge is -2.31. The van der Waals surface area contributed by atoms with Crippen LogP contribution in [0.3, 0.4) is 0 Å². The minimum atomic E-state index is -0.751.